The zero-order valence-corrected chi connectivity index (χ0v) is 7.59. The van der Waals surface area contributed by atoms with Crippen molar-refractivity contribution in [2.75, 3.05) is 0 Å². The van der Waals surface area contributed by atoms with Gasteiger partial charge in [-0.2, -0.15) is 0 Å². The predicted octanol–water partition coefficient (Wildman–Crippen LogP) is 0.534. The molecule has 2 N–H and O–H groups in total. The first-order valence-electron chi connectivity index (χ1n) is 3.63. The van der Waals surface area contributed by atoms with Gasteiger partial charge in [-0.1, -0.05) is 37.3 Å². The first-order chi connectivity index (χ1) is 5.22. The van der Waals surface area contributed by atoms with Crippen molar-refractivity contribution >= 4 is 9.28 Å². The third-order valence-electron chi connectivity index (χ3n) is 1.77. The van der Waals surface area contributed by atoms with Gasteiger partial charge in [-0.05, 0) is 5.56 Å². The van der Waals surface area contributed by atoms with Crippen LogP contribution in [-0.2, 0) is 0 Å². The van der Waals surface area contributed by atoms with Gasteiger partial charge in [0.2, 0.25) is 0 Å². The molecule has 0 spiro atoms. The predicted molar refractivity (Wildman–Crippen MR) is 46.4 cm³/mol. The standard InChI is InChI=1S/C8H12O2Si/c1-7(11(9)10)8-5-3-2-4-6-8/h2-7,9-11H,1H3. The second kappa shape index (κ2) is 3.66. The summed E-state index contributed by atoms with van der Waals surface area (Å²) >= 11 is 0. The van der Waals surface area contributed by atoms with Crippen molar-refractivity contribution < 1.29 is 9.59 Å². The minimum Gasteiger partial charge on any atom is -0.413 e. The number of benzene rings is 1. The fraction of sp³-hybridized carbons (Fsp3) is 0.250. The van der Waals surface area contributed by atoms with Crippen molar-refractivity contribution in [2.24, 2.45) is 0 Å². The van der Waals surface area contributed by atoms with Crippen LogP contribution in [0.1, 0.15) is 18.0 Å². The van der Waals surface area contributed by atoms with Crippen molar-refractivity contribution in [1.29, 1.82) is 0 Å². The lowest BCUT2D eigenvalue weighted by Crippen LogP contribution is -2.20. The van der Waals surface area contributed by atoms with Crippen LogP contribution >= 0.6 is 0 Å². The van der Waals surface area contributed by atoms with Gasteiger partial charge in [0.1, 0.15) is 0 Å². The van der Waals surface area contributed by atoms with Crippen LogP contribution in [0, 0.1) is 0 Å². The molecule has 0 aliphatic carbocycles. The van der Waals surface area contributed by atoms with Crippen LogP contribution in [0.5, 0.6) is 0 Å². The lowest BCUT2D eigenvalue weighted by molar-refractivity contribution is 0.392. The molecule has 0 aliphatic heterocycles. The van der Waals surface area contributed by atoms with E-state index in [9.17, 15) is 0 Å². The van der Waals surface area contributed by atoms with E-state index in [4.69, 9.17) is 9.59 Å². The third-order valence-corrected chi connectivity index (χ3v) is 3.05. The molecule has 0 saturated heterocycles. The molecule has 0 fully saturated rings. The van der Waals surface area contributed by atoms with Crippen molar-refractivity contribution in [1.82, 2.24) is 0 Å². The molecule has 0 saturated carbocycles. The topological polar surface area (TPSA) is 40.5 Å². The van der Waals surface area contributed by atoms with E-state index >= 15 is 0 Å². The summed E-state index contributed by atoms with van der Waals surface area (Å²) in [6.45, 7) is 1.84. The highest BCUT2D eigenvalue weighted by atomic mass is 28.3. The fourth-order valence-electron chi connectivity index (χ4n) is 0.929. The Labute approximate surface area is 68.0 Å². The van der Waals surface area contributed by atoms with Crippen LogP contribution in [0.3, 0.4) is 0 Å². The minimum atomic E-state index is -2.49. The van der Waals surface area contributed by atoms with E-state index in [1.54, 1.807) is 0 Å². The smallest absolute Gasteiger partial charge is 0.323 e. The van der Waals surface area contributed by atoms with Crippen LogP contribution in [0.25, 0.3) is 0 Å². The molecule has 1 aromatic carbocycles. The molecule has 0 radical (unpaired) electrons. The van der Waals surface area contributed by atoms with Gasteiger partial charge in [0.15, 0.2) is 0 Å². The zero-order chi connectivity index (χ0) is 8.27. The van der Waals surface area contributed by atoms with Gasteiger partial charge >= 0.3 is 9.28 Å². The molecule has 11 heavy (non-hydrogen) atoms. The zero-order valence-electron chi connectivity index (χ0n) is 6.44. The van der Waals surface area contributed by atoms with Gasteiger partial charge < -0.3 is 9.59 Å². The Balaban J connectivity index is 2.77. The fourth-order valence-corrected chi connectivity index (χ4v) is 1.50. The van der Waals surface area contributed by atoms with Crippen LogP contribution < -0.4 is 0 Å². The van der Waals surface area contributed by atoms with Gasteiger partial charge in [-0.3, -0.25) is 0 Å². The lowest BCUT2D eigenvalue weighted by atomic mass is 10.2. The van der Waals surface area contributed by atoms with Crippen molar-refractivity contribution in [3.05, 3.63) is 35.9 Å². The molecule has 1 rings (SSSR count). The third kappa shape index (κ3) is 2.15. The quantitative estimate of drug-likeness (QED) is 0.633. The van der Waals surface area contributed by atoms with E-state index in [0.717, 1.165) is 5.56 Å². The molecule has 0 bridgehead atoms. The molecule has 1 aromatic rings. The first kappa shape index (κ1) is 8.45. The van der Waals surface area contributed by atoms with E-state index in [1.165, 1.54) is 0 Å². The van der Waals surface area contributed by atoms with Crippen LogP contribution in [-0.4, -0.2) is 18.9 Å². The highest BCUT2D eigenvalue weighted by molar-refractivity contribution is 6.43. The number of hydrogen-bond donors (Lipinski definition) is 2. The largest absolute Gasteiger partial charge is 0.413 e. The Bertz CT molecular complexity index is 211. The molecule has 0 aromatic heterocycles. The van der Waals surface area contributed by atoms with Gasteiger partial charge in [0.25, 0.3) is 0 Å². The molecule has 0 aliphatic rings. The van der Waals surface area contributed by atoms with Crippen molar-refractivity contribution in [3.8, 4) is 0 Å². The Hall–Kier alpha value is -0.643. The monoisotopic (exact) mass is 168 g/mol. The summed E-state index contributed by atoms with van der Waals surface area (Å²) in [5.41, 5.74) is 0.936. The Morgan fingerprint density at radius 2 is 1.73 bits per heavy atom. The molecule has 1 unspecified atom stereocenters. The van der Waals surface area contributed by atoms with Crippen LogP contribution in [0.4, 0.5) is 0 Å². The van der Waals surface area contributed by atoms with Crippen molar-refractivity contribution in [3.63, 3.8) is 0 Å². The van der Waals surface area contributed by atoms with Gasteiger partial charge in [-0.25, -0.2) is 0 Å². The van der Waals surface area contributed by atoms with E-state index in [2.05, 4.69) is 0 Å². The molecule has 0 amide bonds. The molecule has 0 heterocycles. The Morgan fingerprint density at radius 3 is 2.18 bits per heavy atom. The lowest BCUT2D eigenvalue weighted by Gasteiger charge is -2.10. The highest BCUT2D eigenvalue weighted by Gasteiger charge is 2.15. The summed E-state index contributed by atoms with van der Waals surface area (Å²) in [4.78, 5) is 17.9. The molecule has 60 valence electrons. The summed E-state index contributed by atoms with van der Waals surface area (Å²) in [6, 6.07) is 9.56. The molecule has 2 nitrogen and oxygen atoms in total. The molecule has 1 atom stereocenters. The summed E-state index contributed by atoms with van der Waals surface area (Å²) < 4.78 is 0. The summed E-state index contributed by atoms with van der Waals surface area (Å²) in [5.74, 6) is 0. The summed E-state index contributed by atoms with van der Waals surface area (Å²) in [5, 5.41) is 0. The second-order valence-corrected chi connectivity index (χ2v) is 4.44. The average molecular weight is 168 g/mol. The maximum absolute atomic E-state index is 8.97. The maximum atomic E-state index is 8.97. The Morgan fingerprint density at radius 1 is 1.18 bits per heavy atom. The number of hydrogen-bond acceptors (Lipinski definition) is 2. The van der Waals surface area contributed by atoms with Gasteiger partial charge in [-0.15, -0.1) is 0 Å². The van der Waals surface area contributed by atoms with E-state index in [1.807, 2.05) is 37.3 Å². The highest BCUT2D eigenvalue weighted by Crippen LogP contribution is 2.14. The molecular weight excluding hydrogens is 156 g/mol. The van der Waals surface area contributed by atoms with E-state index in [-0.39, 0.29) is 5.54 Å². The molecular formula is C8H12O2Si. The Kier molecular flexibility index (Phi) is 2.81. The van der Waals surface area contributed by atoms with Crippen molar-refractivity contribution in [2.45, 2.75) is 12.5 Å². The normalized spacial score (nSPS) is 13.5. The van der Waals surface area contributed by atoms with E-state index in [0.29, 0.717) is 0 Å². The van der Waals surface area contributed by atoms with E-state index < -0.39 is 9.28 Å². The summed E-state index contributed by atoms with van der Waals surface area (Å²) in [6.07, 6.45) is 0. The SMILES string of the molecule is CC(c1ccccc1)[SiH](O)O. The number of rotatable bonds is 2. The van der Waals surface area contributed by atoms with Crippen LogP contribution in [0.15, 0.2) is 30.3 Å². The first-order valence-corrected chi connectivity index (χ1v) is 5.33. The maximum Gasteiger partial charge on any atom is 0.323 e. The molecule has 3 heteroatoms. The van der Waals surface area contributed by atoms with Gasteiger partial charge in [0.05, 0.1) is 0 Å². The van der Waals surface area contributed by atoms with Crippen LogP contribution in [0.2, 0.25) is 0 Å². The summed E-state index contributed by atoms with van der Waals surface area (Å²) in [7, 11) is -2.49. The minimum absolute atomic E-state index is 0.0730. The van der Waals surface area contributed by atoms with Gasteiger partial charge in [0, 0.05) is 5.54 Å². The average Bonchev–Trinajstić information content (AvgIpc) is 2.05. The second-order valence-electron chi connectivity index (χ2n) is 2.61.